The average molecular weight is 627 g/mol. The Hall–Kier alpha value is -3.63. The molecule has 2 aliphatic carbocycles. The van der Waals surface area contributed by atoms with Crippen LogP contribution in [0.4, 0.5) is 8.78 Å². The van der Waals surface area contributed by atoms with Crippen molar-refractivity contribution in [1.29, 1.82) is 0 Å². The number of aliphatic carboxylic acids is 1. The molecule has 1 aromatic heterocycles. The zero-order valence-electron chi connectivity index (χ0n) is 26.3. The summed E-state index contributed by atoms with van der Waals surface area (Å²) in [6.45, 7) is 5.45. The summed E-state index contributed by atoms with van der Waals surface area (Å²) in [6.07, 6.45) is 7.02. The van der Waals surface area contributed by atoms with E-state index in [4.69, 9.17) is 0 Å². The van der Waals surface area contributed by atoms with Crippen LogP contribution in [-0.2, 0) is 20.9 Å². The number of aromatic nitrogens is 2. The minimum Gasteiger partial charge on any atom is -0.480 e. The number of nitrogens with zero attached hydrogens (tertiary/aromatic N) is 3. The number of fused-ring (bicyclic) bond motifs is 1. The van der Waals surface area contributed by atoms with Crippen LogP contribution in [0.2, 0.25) is 0 Å². The Morgan fingerprint density at radius 2 is 1.76 bits per heavy atom. The first kappa shape index (κ1) is 32.8. The minimum absolute atomic E-state index is 0.0351. The van der Waals surface area contributed by atoms with Crippen LogP contribution in [0.25, 0.3) is 0 Å². The number of imidazole rings is 1. The molecule has 5 atom stereocenters. The van der Waals surface area contributed by atoms with E-state index >= 15 is 0 Å². The highest BCUT2D eigenvalue weighted by atomic mass is 19.3. The summed E-state index contributed by atoms with van der Waals surface area (Å²) in [5.41, 5.74) is 0.211. The molecule has 11 heteroatoms. The monoisotopic (exact) mass is 626 g/mol. The van der Waals surface area contributed by atoms with Crippen LogP contribution in [0.3, 0.4) is 0 Å². The predicted molar refractivity (Wildman–Crippen MR) is 162 cm³/mol. The molecule has 0 spiro atoms. The van der Waals surface area contributed by atoms with Gasteiger partial charge in [0, 0.05) is 56.1 Å². The molecule has 45 heavy (non-hydrogen) atoms. The second-order valence-electron chi connectivity index (χ2n) is 14.1. The van der Waals surface area contributed by atoms with Crippen LogP contribution in [0.5, 0.6) is 0 Å². The third-order valence-corrected chi connectivity index (χ3v) is 10.2. The molecule has 5 rings (SSSR count). The Kier molecular flexibility index (Phi) is 9.46. The van der Waals surface area contributed by atoms with E-state index in [2.05, 4.69) is 10.3 Å². The number of carbonyl (C=O) groups is 4. The van der Waals surface area contributed by atoms with E-state index in [1.807, 2.05) is 30.3 Å². The van der Waals surface area contributed by atoms with Crippen molar-refractivity contribution in [3.8, 4) is 0 Å². The maximum Gasteiger partial charge on any atom is 0.326 e. The Labute approximate surface area is 262 Å². The van der Waals surface area contributed by atoms with E-state index in [0.717, 1.165) is 42.6 Å². The first-order valence-corrected chi connectivity index (χ1v) is 16.1. The Bertz CT molecular complexity index is 1400. The van der Waals surface area contributed by atoms with Crippen molar-refractivity contribution in [3.63, 3.8) is 0 Å². The summed E-state index contributed by atoms with van der Waals surface area (Å²) in [6, 6.07) is 7.41. The summed E-state index contributed by atoms with van der Waals surface area (Å²) < 4.78 is 31.1. The molecule has 1 aromatic carbocycles. The number of Topliss-reactive ketones (excluding diaryl/α,β-unsaturated/α-hetero) is 1. The fraction of sp³-hybridized carbons (Fsp3) is 0.618. The summed E-state index contributed by atoms with van der Waals surface area (Å²) in [5.74, 6) is -8.69. The maximum absolute atomic E-state index is 14.7. The number of amides is 2. The first-order valence-electron chi connectivity index (χ1n) is 16.1. The van der Waals surface area contributed by atoms with Crippen LogP contribution in [0.15, 0.2) is 42.7 Å². The smallest absolute Gasteiger partial charge is 0.326 e. The van der Waals surface area contributed by atoms with Gasteiger partial charge in [-0.05, 0) is 36.2 Å². The number of carboxylic acids is 1. The van der Waals surface area contributed by atoms with Crippen LogP contribution in [-0.4, -0.2) is 67.7 Å². The molecule has 2 heterocycles. The first-order chi connectivity index (χ1) is 21.3. The van der Waals surface area contributed by atoms with Crippen LogP contribution < -0.4 is 5.32 Å². The molecule has 2 amide bonds. The molecule has 0 radical (unpaired) electrons. The number of ketones is 1. The molecule has 3 fully saturated rings. The molecule has 2 N–H and O–H groups in total. The number of hydrogen-bond acceptors (Lipinski definition) is 5. The van der Waals surface area contributed by atoms with Gasteiger partial charge in [-0.25, -0.2) is 18.6 Å². The summed E-state index contributed by atoms with van der Waals surface area (Å²) in [4.78, 5) is 59.5. The van der Waals surface area contributed by atoms with Gasteiger partial charge in [-0.3, -0.25) is 14.4 Å². The lowest BCUT2D eigenvalue weighted by molar-refractivity contribution is -0.154. The highest BCUT2D eigenvalue weighted by Crippen LogP contribution is 2.51. The molecular formula is C34H44F2N4O5. The average Bonchev–Trinajstić information content (AvgIpc) is 3.70. The van der Waals surface area contributed by atoms with Gasteiger partial charge in [-0.1, -0.05) is 70.4 Å². The van der Waals surface area contributed by atoms with E-state index in [9.17, 15) is 33.1 Å². The second-order valence-corrected chi connectivity index (χ2v) is 14.1. The Morgan fingerprint density at radius 1 is 1.07 bits per heavy atom. The van der Waals surface area contributed by atoms with Gasteiger partial charge in [-0.15, -0.1) is 0 Å². The number of carboxylic acid groups (broad SMARTS) is 1. The van der Waals surface area contributed by atoms with Gasteiger partial charge >= 0.3 is 5.97 Å². The Morgan fingerprint density at radius 3 is 2.40 bits per heavy atom. The van der Waals surface area contributed by atoms with Crippen molar-refractivity contribution in [2.75, 3.05) is 6.54 Å². The number of nitrogens with one attached hydrogen (secondary N) is 1. The number of alkyl halides is 2. The number of benzene rings is 1. The SMILES string of the molecule is CC(C)(C)[C@H](CC(=O)[C@@H](NC(=O)c1nccn1Cc1ccccc1)C1CCCCC1)C(=O)N1C[C@H]2[C@H](CCC2(F)F)[C@H]1C(=O)O. The van der Waals surface area contributed by atoms with Crippen molar-refractivity contribution in [1.82, 2.24) is 19.8 Å². The summed E-state index contributed by atoms with van der Waals surface area (Å²) >= 11 is 0. The molecule has 2 saturated carbocycles. The fourth-order valence-electron chi connectivity index (χ4n) is 7.66. The molecule has 0 unspecified atom stereocenters. The number of rotatable bonds is 10. The van der Waals surface area contributed by atoms with Gasteiger partial charge in [0.25, 0.3) is 11.8 Å². The van der Waals surface area contributed by atoms with Crippen LogP contribution in [0.1, 0.15) is 88.3 Å². The van der Waals surface area contributed by atoms with Gasteiger partial charge in [0.2, 0.25) is 5.91 Å². The van der Waals surface area contributed by atoms with Crippen LogP contribution in [0, 0.1) is 29.1 Å². The van der Waals surface area contributed by atoms with Gasteiger partial charge in [-0.2, -0.15) is 0 Å². The minimum atomic E-state index is -3.04. The van der Waals surface area contributed by atoms with Gasteiger partial charge in [0.15, 0.2) is 11.6 Å². The zero-order chi connectivity index (χ0) is 32.5. The van der Waals surface area contributed by atoms with Gasteiger partial charge in [0.05, 0.1) is 6.04 Å². The number of likely N-dealkylation sites (tertiary alicyclic amines) is 1. The van der Waals surface area contributed by atoms with Crippen molar-refractivity contribution in [2.45, 2.75) is 96.7 Å². The third-order valence-electron chi connectivity index (χ3n) is 10.2. The highest BCUT2D eigenvalue weighted by molar-refractivity contribution is 5.97. The molecular weight excluding hydrogens is 582 g/mol. The van der Waals surface area contributed by atoms with Crippen molar-refractivity contribution in [2.24, 2.45) is 29.1 Å². The Balaban J connectivity index is 1.37. The molecule has 1 saturated heterocycles. The van der Waals surface area contributed by atoms with E-state index < -0.39 is 59.0 Å². The van der Waals surface area contributed by atoms with Gasteiger partial charge in [0.1, 0.15) is 6.04 Å². The maximum atomic E-state index is 14.7. The lowest BCUT2D eigenvalue weighted by Gasteiger charge is -2.37. The topological polar surface area (TPSA) is 122 Å². The van der Waals surface area contributed by atoms with Crippen molar-refractivity contribution >= 4 is 23.6 Å². The predicted octanol–water partition coefficient (Wildman–Crippen LogP) is 5.19. The quantitative estimate of drug-likeness (QED) is 0.375. The third kappa shape index (κ3) is 6.97. The second kappa shape index (κ2) is 13.0. The molecule has 9 nitrogen and oxygen atoms in total. The number of hydrogen-bond donors (Lipinski definition) is 2. The number of carbonyl (C=O) groups excluding carboxylic acids is 3. The van der Waals surface area contributed by atoms with E-state index in [-0.39, 0.29) is 43.3 Å². The molecule has 1 aliphatic heterocycles. The highest BCUT2D eigenvalue weighted by Gasteiger charge is 2.61. The van der Waals surface area contributed by atoms with E-state index in [1.165, 1.54) is 6.20 Å². The summed E-state index contributed by atoms with van der Waals surface area (Å²) in [5, 5.41) is 13.0. The van der Waals surface area contributed by atoms with Gasteiger partial charge < -0.3 is 19.9 Å². The number of halogens is 2. The fourth-order valence-corrected chi connectivity index (χ4v) is 7.66. The summed E-state index contributed by atoms with van der Waals surface area (Å²) in [7, 11) is 0. The molecule has 3 aliphatic rings. The molecule has 0 bridgehead atoms. The van der Waals surface area contributed by atoms with E-state index in [1.54, 1.807) is 31.5 Å². The lowest BCUT2D eigenvalue weighted by Crippen LogP contribution is -2.51. The van der Waals surface area contributed by atoms with Crippen molar-refractivity contribution < 1.29 is 33.1 Å². The molecule has 244 valence electrons. The lowest BCUT2D eigenvalue weighted by atomic mass is 9.74. The normalized spacial score (nSPS) is 24.6. The van der Waals surface area contributed by atoms with Crippen LogP contribution >= 0.6 is 0 Å². The standard InChI is InChI=1S/C34H44F2N4O5/c1-33(2,3)24(31(43)40-20-25-23(28(40)32(44)45)14-15-34(25,35)36)18-26(41)27(22-12-8-5-9-13-22)38-30(42)29-37-16-17-39(29)19-21-10-6-4-7-11-21/h4,6-7,10-11,16-17,22-25,27-28H,5,8-9,12-15,18-20H2,1-3H3,(H,38,42)(H,44,45)/t23-,24+,25-,27-,28-/m0/s1. The van der Waals surface area contributed by atoms with E-state index in [0.29, 0.717) is 6.54 Å². The largest absolute Gasteiger partial charge is 0.480 e. The van der Waals surface area contributed by atoms with Crippen molar-refractivity contribution in [3.05, 3.63) is 54.1 Å². The molecule has 2 aromatic rings. The zero-order valence-corrected chi connectivity index (χ0v) is 26.3.